The first kappa shape index (κ1) is 10.2. The lowest BCUT2D eigenvalue weighted by Crippen LogP contribution is -2.02. The van der Waals surface area contributed by atoms with Crippen LogP contribution in [0.5, 0.6) is 0 Å². The van der Waals surface area contributed by atoms with Crippen LogP contribution in [0.15, 0.2) is 18.2 Å². The monoisotopic (exact) mass is 182 g/mol. The second-order valence-corrected chi connectivity index (χ2v) is 3.48. The highest BCUT2D eigenvalue weighted by atomic mass is 19.1. The molecule has 0 saturated carbocycles. The lowest BCUT2D eigenvalue weighted by Gasteiger charge is -2.05. The van der Waals surface area contributed by atoms with Gasteiger partial charge in [0.2, 0.25) is 0 Å². The van der Waals surface area contributed by atoms with Gasteiger partial charge in [-0.05, 0) is 43.9 Å². The van der Waals surface area contributed by atoms with Crippen molar-refractivity contribution in [3.63, 3.8) is 0 Å². The number of aliphatic hydroxyl groups excluding tert-OH is 1. The molecule has 0 radical (unpaired) electrons. The van der Waals surface area contributed by atoms with Crippen molar-refractivity contribution < 1.29 is 9.50 Å². The summed E-state index contributed by atoms with van der Waals surface area (Å²) in [7, 11) is 0. The summed E-state index contributed by atoms with van der Waals surface area (Å²) < 4.78 is 13.2. The maximum absolute atomic E-state index is 13.2. The molecular weight excluding hydrogens is 167 g/mol. The van der Waals surface area contributed by atoms with Gasteiger partial charge in [0.1, 0.15) is 5.82 Å². The highest BCUT2D eigenvalue weighted by molar-refractivity contribution is 5.23. The quantitative estimate of drug-likeness (QED) is 0.761. The van der Waals surface area contributed by atoms with Crippen LogP contribution in [0, 0.1) is 12.7 Å². The SMILES string of the molecule is Cc1ccc(CC[C@@H](C)O)c(F)c1. The molecule has 0 amide bonds. The Morgan fingerprint density at radius 2 is 2.15 bits per heavy atom. The molecule has 13 heavy (non-hydrogen) atoms. The van der Waals surface area contributed by atoms with E-state index in [9.17, 15) is 4.39 Å². The van der Waals surface area contributed by atoms with Gasteiger partial charge in [-0.25, -0.2) is 4.39 Å². The van der Waals surface area contributed by atoms with Gasteiger partial charge < -0.3 is 5.11 Å². The number of aliphatic hydroxyl groups is 1. The number of rotatable bonds is 3. The number of halogens is 1. The van der Waals surface area contributed by atoms with Crippen molar-refractivity contribution >= 4 is 0 Å². The molecule has 72 valence electrons. The smallest absolute Gasteiger partial charge is 0.126 e. The molecule has 1 nitrogen and oxygen atoms in total. The maximum Gasteiger partial charge on any atom is 0.126 e. The predicted octanol–water partition coefficient (Wildman–Crippen LogP) is 2.45. The minimum atomic E-state index is -0.360. The molecule has 0 heterocycles. The van der Waals surface area contributed by atoms with Crippen LogP contribution in [0.25, 0.3) is 0 Å². The molecule has 1 aromatic carbocycles. The van der Waals surface area contributed by atoms with Crippen LogP contribution in [0.1, 0.15) is 24.5 Å². The van der Waals surface area contributed by atoms with Crippen molar-refractivity contribution in [1.82, 2.24) is 0 Å². The van der Waals surface area contributed by atoms with E-state index in [-0.39, 0.29) is 11.9 Å². The van der Waals surface area contributed by atoms with Crippen LogP contribution in [0.2, 0.25) is 0 Å². The Labute approximate surface area is 78.2 Å². The fourth-order valence-electron chi connectivity index (χ4n) is 1.22. The Morgan fingerprint density at radius 3 is 2.69 bits per heavy atom. The third-order valence-electron chi connectivity index (χ3n) is 2.04. The van der Waals surface area contributed by atoms with Crippen molar-refractivity contribution in [3.05, 3.63) is 35.1 Å². The molecule has 0 unspecified atom stereocenters. The van der Waals surface area contributed by atoms with Crippen LogP contribution in [0.4, 0.5) is 4.39 Å². The summed E-state index contributed by atoms with van der Waals surface area (Å²) in [5.74, 6) is -0.166. The van der Waals surface area contributed by atoms with Gasteiger partial charge in [-0.1, -0.05) is 12.1 Å². The number of aryl methyl sites for hydroxylation is 2. The number of hydrogen-bond donors (Lipinski definition) is 1. The van der Waals surface area contributed by atoms with Crippen LogP contribution >= 0.6 is 0 Å². The standard InChI is InChI=1S/C11H15FO/c1-8-3-5-10(11(12)7-8)6-4-9(2)13/h3,5,7,9,13H,4,6H2,1-2H3/t9-/m1/s1. The van der Waals surface area contributed by atoms with E-state index >= 15 is 0 Å². The molecule has 2 heteroatoms. The van der Waals surface area contributed by atoms with E-state index in [0.717, 1.165) is 5.56 Å². The van der Waals surface area contributed by atoms with Gasteiger partial charge in [0.15, 0.2) is 0 Å². The molecule has 1 atom stereocenters. The minimum absolute atomic E-state index is 0.166. The molecule has 1 N–H and O–H groups in total. The minimum Gasteiger partial charge on any atom is -0.393 e. The van der Waals surface area contributed by atoms with E-state index in [0.29, 0.717) is 18.4 Å². The molecule has 0 aliphatic rings. The lowest BCUT2D eigenvalue weighted by molar-refractivity contribution is 0.184. The zero-order valence-electron chi connectivity index (χ0n) is 8.05. The van der Waals surface area contributed by atoms with Crippen molar-refractivity contribution in [2.24, 2.45) is 0 Å². The van der Waals surface area contributed by atoms with Gasteiger partial charge in [-0.2, -0.15) is 0 Å². The fourth-order valence-corrected chi connectivity index (χ4v) is 1.22. The normalized spacial score (nSPS) is 12.9. The Bertz CT molecular complexity index is 281. The largest absolute Gasteiger partial charge is 0.393 e. The van der Waals surface area contributed by atoms with Gasteiger partial charge in [0, 0.05) is 0 Å². The average molecular weight is 182 g/mol. The molecule has 0 aliphatic carbocycles. The van der Waals surface area contributed by atoms with Crippen LogP contribution < -0.4 is 0 Å². The zero-order chi connectivity index (χ0) is 9.84. The second-order valence-electron chi connectivity index (χ2n) is 3.48. The summed E-state index contributed by atoms with van der Waals surface area (Å²) in [6.45, 7) is 3.58. The first-order chi connectivity index (χ1) is 6.09. The maximum atomic E-state index is 13.2. The molecule has 0 aliphatic heterocycles. The summed E-state index contributed by atoms with van der Waals surface area (Å²) in [5.41, 5.74) is 1.62. The Kier molecular flexibility index (Phi) is 3.43. The Morgan fingerprint density at radius 1 is 1.46 bits per heavy atom. The highest BCUT2D eigenvalue weighted by Gasteiger charge is 2.03. The van der Waals surface area contributed by atoms with E-state index in [4.69, 9.17) is 5.11 Å². The van der Waals surface area contributed by atoms with E-state index in [2.05, 4.69) is 0 Å². The molecule has 0 bridgehead atoms. The summed E-state index contributed by atoms with van der Waals surface area (Å²) in [6.07, 6.45) is 0.852. The van der Waals surface area contributed by atoms with Crippen molar-refractivity contribution in [2.75, 3.05) is 0 Å². The topological polar surface area (TPSA) is 20.2 Å². The van der Waals surface area contributed by atoms with Crippen molar-refractivity contribution in [1.29, 1.82) is 0 Å². The third kappa shape index (κ3) is 3.15. The third-order valence-corrected chi connectivity index (χ3v) is 2.04. The summed E-state index contributed by atoms with van der Waals surface area (Å²) >= 11 is 0. The van der Waals surface area contributed by atoms with Crippen LogP contribution in [-0.4, -0.2) is 11.2 Å². The first-order valence-corrected chi connectivity index (χ1v) is 4.52. The Hall–Kier alpha value is -0.890. The molecule has 0 fully saturated rings. The fraction of sp³-hybridized carbons (Fsp3) is 0.455. The molecule has 0 spiro atoms. The number of benzene rings is 1. The van der Waals surface area contributed by atoms with E-state index in [1.807, 2.05) is 13.0 Å². The second kappa shape index (κ2) is 4.38. The van der Waals surface area contributed by atoms with Gasteiger partial charge in [-0.3, -0.25) is 0 Å². The van der Waals surface area contributed by atoms with E-state index < -0.39 is 0 Å². The predicted molar refractivity (Wildman–Crippen MR) is 51.1 cm³/mol. The van der Waals surface area contributed by atoms with Crippen LogP contribution in [0.3, 0.4) is 0 Å². The Balaban J connectivity index is 2.67. The number of hydrogen-bond acceptors (Lipinski definition) is 1. The van der Waals surface area contributed by atoms with Crippen molar-refractivity contribution in [3.8, 4) is 0 Å². The molecular formula is C11H15FO. The zero-order valence-corrected chi connectivity index (χ0v) is 8.05. The first-order valence-electron chi connectivity index (χ1n) is 4.52. The molecule has 0 saturated heterocycles. The average Bonchev–Trinajstić information content (AvgIpc) is 2.02. The molecule has 1 aromatic rings. The lowest BCUT2D eigenvalue weighted by atomic mass is 10.1. The van der Waals surface area contributed by atoms with E-state index in [1.54, 1.807) is 13.0 Å². The van der Waals surface area contributed by atoms with Crippen LogP contribution in [-0.2, 0) is 6.42 Å². The van der Waals surface area contributed by atoms with Crippen molar-refractivity contribution in [2.45, 2.75) is 32.8 Å². The summed E-state index contributed by atoms with van der Waals surface area (Å²) in [6, 6.07) is 5.20. The summed E-state index contributed by atoms with van der Waals surface area (Å²) in [5, 5.41) is 9.04. The molecule has 1 rings (SSSR count). The summed E-state index contributed by atoms with van der Waals surface area (Å²) in [4.78, 5) is 0. The van der Waals surface area contributed by atoms with E-state index in [1.165, 1.54) is 6.07 Å². The van der Waals surface area contributed by atoms with Gasteiger partial charge in [0.25, 0.3) is 0 Å². The van der Waals surface area contributed by atoms with Gasteiger partial charge >= 0.3 is 0 Å². The van der Waals surface area contributed by atoms with Gasteiger partial charge in [-0.15, -0.1) is 0 Å². The molecule has 0 aromatic heterocycles. The highest BCUT2D eigenvalue weighted by Crippen LogP contribution is 2.12. The van der Waals surface area contributed by atoms with Gasteiger partial charge in [0.05, 0.1) is 6.10 Å².